The predicted octanol–water partition coefficient (Wildman–Crippen LogP) is 6.27. The first-order valence-electron chi connectivity index (χ1n) is 9.76. The molecule has 0 unspecified atom stereocenters. The second kappa shape index (κ2) is 11.0. The van der Waals surface area contributed by atoms with Crippen molar-refractivity contribution in [3.05, 3.63) is 160 Å². The number of hydrogen-bond acceptors (Lipinski definition) is 3. The van der Waals surface area contributed by atoms with E-state index in [0.717, 1.165) is 28.5 Å². The Morgan fingerprint density at radius 1 is 0.548 bits per heavy atom. The zero-order chi connectivity index (χ0) is 21.9. The van der Waals surface area contributed by atoms with E-state index in [1.807, 2.05) is 121 Å². The minimum atomic E-state index is -0.421. The van der Waals surface area contributed by atoms with Crippen LogP contribution in [0.1, 0.15) is 27.0 Å². The minimum Gasteiger partial charge on any atom is -0.289 e. The Kier molecular flexibility index (Phi) is 7.61. The highest BCUT2D eigenvalue weighted by Gasteiger charge is 2.08. The van der Waals surface area contributed by atoms with E-state index in [4.69, 9.17) is 0 Å². The Morgan fingerprint density at radius 2 is 0.839 bits per heavy atom. The fourth-order valence-electron chi connectivity index (χ4n) is 3.00. The van der Waals surface area contributed by atoms with Gasteiger partial charge in [-0.2, -0.15) is 0 Å². The molecule has 0 fully saturated rings. The first-order chi connectivity index (χ1) is 15.1. The molecule has 0 N–H and O–H groups in total. The second-order valence-corrected chi connectivity index (χ2v) is 6.62. The summed E-state index contributed by atoms with van der Waals surface area (Å²) < 4.78 is 0. The van der Waals surface area contributed by atoms with E-state index in [1.165, 1.54) is 0 Å². The van der Waals surface area contributed by atoms with E-state index in [1.54, 1.807) is 0 Å². The van der Waals surface area contributed by atoms with Gasteiger partial charge >= 0.3 is 0 Å². The molecule has 0 aliphatic heterocycles. The lowest BCUT2D eigenvalue weighted by Crippen LogP contribution is -1.99. The summed E-state index contributed by atoms with van der Waals surface area (Å²) in [6, 6.07) is 37.3. The normalized spacial score (nSPS) is 9.68. The number of ketones is 1. The van der Waals surface area contributed by atoms with Crippen LogP contribution in [-0.2, 0) is 0 Å². The molecule has 4 nitrogen and oxygen atoms in total. The monoisotopic (exact) mass is 407 g/mol. The van der Waals surface area contributed by atoms with Gasteiger partial charge in [-0.05, 0) is 11.1 Å². The summed E-state index contributed by atoms with van der Waals surface area (Å²) in [7, 11) is 0. The number of nitro groups is 1. The van der Waals surface area contributed by atoms with Gasteiger partial charge in [-0.1, -0.05) is 121 Å². The average Bonchev–Trinajstić information content (AvgIpc) is 2.84. The van der Waals surface area contributed by atoms with Crippen LogP contribution in [0.4, 0.5) is 0 Å². The molecule has 0 heterocycles. The van der Waals surface area contributed by atoms with Crippen LogP contribution in [0.25, 0.3) is 5.57 Å². The summed E-state index contributed by atoms with van der Waals surface area (Å²) in [5, 5.41) is 10.7. The van der Waals surface area contributed by atoms with Crippen molar-refractivity contribution in [1.82, 2.24) is 0 Å². The lowest BCUT2D eigenvalue weighted by atomic mass is 9.99. The van der Waals surface area contributed by atoms with Crippen LogP contribution < -0.4 is 0 Å². The molecule has 31 heavy (non-hydrogen) atoms. The van der Waals surface area contributed by atoms with Gasteiger partial charge in [0.2, 0.25) is 6.20 Å². The smallest absolute Gasteiger partial charge is 0.242 e. The van der Waals surface area contributed by atoms with Crippen LogP contribution in [0, 0.1) is 10.1 Å². The number of benzene rings is 4. The summed E-state index contributed by atoms with van der Waals surface area (Å²) in [6.07, 6.45) is 1.05. The van der Waals surface area contributed by atoms with E-state index in [-0.39, 0.29) is 5.78 Å². The van der Waals surface area contributed by atoms with Crippen molar-refractivity contribution in [1.29, 1.82) is 0 Å². The molecule has 0 aliphatic carbocycles. The van der Waals surface area contributed by atoms with Crippen LogP contribution in [0.15, 0.2) is 128 Å². The largest absolute Gasteiger partial charge is 0.289 e. The van der Waals surface area contributed by atoms with E-state index in [2.05, 4.69) is 0 Å². The average molecular weight is 407 g/mol. The Labute approximate surface area is 181 Å². The van der Waals surface area contributed by atoms with Gasteiger partial charge in [0.25, 0.3) is 0 Å². The molecule has 4 aromatic rings. The Balaban J connectivity index is 0.000000179. The number of nitrogens with zero attached hydrogens (tertiary/aromatic N) is 1. The number of rotatable bonds is 5. The molecular weight excluding hydrogens is 386 g/mol. The Morgan fingerprint density at radius 3 is 1.13 bits per heavy atom. The van der Waals surface area contributed by atoms with Crippen molar-refractivity contribution in [2.75, 3.05) is 0 Å². The third-order valence-corrected chi connectivity index (χ3v) is 4.48. The van der Waals surface area contributed by atoms with Gasteiger partial charge in [0.05, 0.1) is 10.5 Å². The van der Waals surface area contributed by atoms with Gasteiger partial charge < -0.3 is 0 Å². The highest BCUT2D eigenvalue weighted by atomic mass is 16.6. The zero-order valence-corrected chi connectivity index (χ0v) is 16.8. The topological polar surface area (TPSA) is 60.2 Å². The summed E-state index contributed by atoms with van der Waals surface area (Å²) in [4.78, 5) is 22.1. The maximum absolute atomic E-state index is 11.8. The van der Waals surface area contributed by atoms with Crippen LogP contribution in [0.3, 0.4) is 0 Å². The molecule has 4 aromatic carbocycles. The van der Waals surface area contributed by atoms with E-state index < -0.39 is 4.92 Å². The van der Waals surface area contributed by atoms with Gasteiger partial charge in [-0.25, -0.2) is 0 Å². The highest BCUT2D eigenvalue weighted by molar-refractivity contribution is 6.08. The number of hydrogen-bond donors (Lipinski definition) is 0. The fraction of sp³-hybridized carbons (Fsp3) is 0. The zero-order valence-electron chi connectivity index (χ0n) is 16.8. The van der Waals surface area contributed by atoms with E-state index >= 15 is 0 Å². The highest BCUT2D eigenvalue weighted by Crippen LogP contribution is 2.22. The first kappa shape index (κ1) is 21.4. The summed E-state index contributed by atoms with van der Waals surface area (Å²) in [5.41, 5.74) is 3.78. The molecule has 4 rings (SSSR count). The van der Waals surface area contributed by atoms with Gasteiger partial charge in [-0.15, -0.1) is 0 Å². The van der Waals surface area contributed by atoms with Crippen molar-refractivity contribution in [2.45, 2.75) is 0 Å². The number of carbonyl (C=O) groups is 1. The fourth-order valence-corrected chi connectivity index (χ4v) is 3.00. The third kappa shape index (κ3) is 6.34. The first-order valence-corrected chi connectivity index (χ1v) is 9.76. The lowest BCUT2D eigenvalue weighted by molar-refractivity contribution is -0.401. The summed E-state index contributed by atoms with van der Waals surface area (Å²) in [6.45, 7) is 0. The summed E-state index contributed by atoms with van der Waals surface area (Å²) in [5.74, 6) is 0.0752. The van der Waals surface area contributed by atoms with Gasteiger partial charge in [0.1, 0.15) is 0 Å². The van der Waals surface area contributed by atoms with Gasteiger partial charge in [0, 0.05) is 11.1 Å². The molecule has 0 radical (unpaired) electrons. The van der Waals surface area contributed by atoms with E-state index in [0.29, 0.717) is 5.57 Å². The summed E-state index contributed by atoms with van der Waals surface area (Å²) >= 11 is 0. The van der Waals surface area contributed by atoms with E-state index in [9.17, 15) is 14.9 Å². The van der Waals surface area contributed by atoms with Crippen LogP contribution in [0.2, 0.25) is 0 Å². The quantitative estimate of drug-likeness (QED) is 0.222. The second-order valence-electron chi connectivity index (χ2n) is 6.62. The molecule has 152 valence electrons. The maximum Gasteiger partial charge on any atom is 0.242 e. The Hall–Kier alpha value is -4.31. The van der Waals surface area contributed by atoms with Crippen molar-refractivity contribution in [2.24, 2.45) is 0 Å². The molecule has 0 saturated heterocycles. The molecule has 4 heteroatoms. The van der Waals surface area contributed by atoms with Crippen molar-refractivity contribution in [3.63, 3.8) is 0 Å². The van der Waals surface area contributed by atoms with Gasteiger partial charge in [0.15, 0.2) is 5.78 Å². The molecule has 0 bridgehead atoms. The van der Waals surface area contributed by atoms with Crippen LogP contribution in [0.5, 0.6) is 0 Å². The molecule has 0 atom stereocenters. The number of carbonyl (C=O) groups excluding carboxylic acids is 1. The molecule has 0 saturated carbocycles. The van der Waals surface area contributed by atoms with Crippen molar-refractivity contribution >= 4 is 11.4 Å². The SMILES string of the molecule is O=C(c1ccccc1)c1ccccc1.O=[N+]([O-])C=C(c1ccccc1)c1ccccc1. The van der Waals surface area contributed by atoms with Crippen molar-refractivity contribution < 1.29 is 9.72 Å². The molecule has 0 spiro atoms. The minimum absolute atomic E-state index is 0.0752. The standard InChI is InChI=1S/C14H11NO2.C13H10O/c16-15(17)11-14(12-7-3-1-4-8-12)13-9-5-2-6-10-13;14-13(11-7-3-1-4-8-11)12-9-5-2-6-10-12/h1-11H;1-10H. The third-order valence-electron chi connectivity index (χ3n) is 4.48. The lowest BCUT2D eigenvalue weighted by Gasteiger charge is -2.04. The van der Waals surface area contributed by atoms with Crippen LogP contribution >= 0.6 is 0 Å². The maximum atomic E-state index is 11.8. The van der Waals surface area contributed by atoms with Gasteiger partial charge in [-0.3, -0.25) is 14.9 Å². The Bertz CT molecular complexity index is 1060. The molecule has 0 amide bonds. The molecular formula is C27H21NO3. The predicted molar refractivity (Wildman–Crippen MR) is 123 cm³/mol. The van der Waals surface area contributed by atoms with Crippen LogP contribution in [-0.4, -0.2) is 10.7 Å². The molecule has 0 aliphatic rings. The molecule has 0 aromatic heterocycles. The van der Waals surface area contributed by atoms with Crippen molar-refractivity contribution in [3.8, 4) is 0 Å².